The molecule has 3 aromatic rings. The Labute approximate surface area is 158 Å². The summed E-state index contributed by atoms with van der Waals surface area (Å²) in [4.78, 5) is 4.04. The summed E-state index contributed by atoms with van der Waals surface area (Å²) < 4.78 is 55.4. The van der Waals surface area contributed by atoms with Gasteiger partial charge in [-0.25, -0.2) is 22.2 Å². The molecular weight excluding hydrogens is 398 g/mol. The number of nitrogens with zero attached hydrogens (tertiary/aromatic N) is 1. The van der Waals surface area contributed by atoms with Crippen LogP contribution in [0.2, 0.25) is 0 Å². The van der Waals surface area contributed by atoms with Crippen molar-refractivity contribution in [1.82, 2.24) is 4.98 Å². The fourth-order valence-electron chi connectivity index (χ4n) is 2.16. The molecule has 138 valence electrons. The predicted molar refractivity (Wildman–Crippen MR) is 102 cm³/mol. The maximum atomic E-state index is 13.3. The van der Waals surface area contributed by atoms with E-state index in [4.69, 9.17) is 0 Å². The van der Waals surface area contributed by atoms with E-state index in [-0.39, 0.29) is 0 Å². The molecular formula is C17H16F2N2O2S3. The van der Waals surface area contributed by atoms with Gasteiger partial charge in [0.15, 0.2) is 4.34 Å². The first kappa shape index (κ1) is 19.1. The lowest BCUT2D eigenvalue weighted by molar-refractivity contribution is 0.568. The molecule has 26 heavy (non-hydrogen) atoms. The molecule has 0 bridgehead atoms. The van der Waals surface area contributed by atoms with E-state index < -0.39 is 26.6 Å². The lowest BCUT2D eigenvalue weighted by Crippen LogP contribution is -2.13. The molecule has 9 heteroatoms. The molecule has 0 aliphatic heterocycles. The number of fused-ring (bicyclic) bond motifs is 1. The minimum atomic E-state index is -4.09. The standard InChI is InChI=1S/C17H16F2N2O2S3/c1-10(2)9-24-17-20-15-4-3-13(8-16(15)25-17)21-26(22,23)14-6-11(18)5-12(19)7-14/h3-8,10,21H,9H2,1-2H3. The number of thioether (sulfide) groups is 1. The third kappa shape index (κ3) is 4.52. The second kappa shape index (κ2) is 7.50. The van der Waals surface area contributed by atoms with E-state index in [2.05, 4.69) is 23.6 Å². The summed E-state index contributed by atoms with van der Waals surface area (Å²) in [6, 6.07) is 7.13. The summed E-state index contributed by atoms with van der Waals surface area (Å²) in [7, 11) is -4.09. The van der Waals surface area contributed by atoms with Gasteiger partial charge in [-0.2, -0.15) is 0 Å². The lowest BCUT2D eigenvalue weighted by Gasteiger charge is -2.08. The average Bonchev–Trinajstić information content (AvgIpc) is 2.94. The fourth-order valence-corrected chi connectivity index (χ4v) is 5.34. The van der Waals surface area contributed by atoms with Gasteiger partial charge in [-0.05, 0) is 36.2 Å². The van der Waals surface area contributed by atoms with E-state index >= 15 is 0 Å². The Bertz CT molecular complexity index is 1030. The molecule has 1 heterocycles. The van der Waals surface area contributed by atoms with Crippen LogP contribution in [0.25, 0.3) is 10.2 Å². The van der Waals surface area contributed by atoms with Crippen molar-refractivity contribution in [1.29, 1.82) is 0 Å². The zero-order valence-electron chi connectivity index (χ0n) is 14.0. The maximum absolute atomic E-state index is 13.3. The van der Waals surface area contributed by atoms with Crippen LogP contribution in [-0.2, 0) is 10.0 Å². The largest absolute Gasteiger partial charge is 0.280 e. The number of benzene rings is 2. The Morgan fingerprint density at radius 1 is 1.15 bits per heavy atom. The highest BCUT2D eigenvalue weighted by Crippen LogP contribution is 2.32. The van der Waals surface area contributed by atoms with Gasteiger partial charge in [-0.3, -0.25) is 4.72 Å². The van der Waals surface area contributed by atoms with Crippen molar-refractivity contribution in [3.8, 4) is 0 Å². The van der Waals surface area contributed by atoms with Crippen molar-refractivity contribution in [3.63, 3.8) is 0 Å². The van der Waals surface area contributed by atoms with Crippen LogP contribution in [0.5, 0.6) is 0 Å². The van der Waals surface area contributed by atoms with Gasteiger partial charge in [0.25, 0.3) is 10.0 Å². The Kier molecular flexibility index (Phi) is 5.50. The van der Waals surface area contributed by atoms with Crippen molar-refractivity contribution in [2.75, 3.05) is 10.5 Å². The highest BCUT2D eigenvalue weighted by Gasteiger charge is 2.17. The number of hydrogen-bond acceptors (Lipinski definition) is 5. The van der Waals surface area contributed by atoms with Crippen LogP contribution < -0.4 is 4.72 Å². The SMILES string of the molecule is CC(C)CSc1nc2ccc(NS(=O)(=O)c3cc(F)cc(F)c3)cc2s1. The number of rotatable bonds is 6. The number of halogens is 2. The van der Waals surface area contributed by atoms with Crippen LogP contribution in [0.1, 0.15) is 13.8 Å². The summed E-state index contributed by atoms with van der Waals surface area (Å²) in [5.41, 5.74) is 1.09. The van der Waals surface area contributed by atoms with Crippen LogP contribution >= 0.6 is 23.1 Å². The van der Waals surface area contributed by atoms with Gasteiger partial charge in [-0.1, -0.05) is 25.6 Å². The van der Waals surface area contributed by atoms with Gasteiger partial charge in [-0.15, -0.1) is 11.3 Å². The fraction of sp³-hybridized carbons (Fsp3) is 0.235. The Balaban J connectivity index is 1.86. The van der Waals surface area contributed by atoms with Gasteiger partial charge in [0.2, 0.25) is 0 Å². The van der Waals surface area contributed by atoms with Crippen LogP contribution in [0, 0.1) is 17.6 Å². The highest BCUT2D eigenvalue weighted by molar-refractivity contribution is 8.01. The van der Waals surface area contributed by atoms with E-state index in [1.807, 2.05) is 0 Å². The van der Waals surface area contributed by atoms with Crippen molar-refractivity contribution in [3.05, 3.63) is 48.0 Å². The monoisotopic (exact) mass is 414 g/mol. The Morgan fingerprint density at radius 3 is 2.50 bits per heavy atom. The smallest absolute Gasteiger partial charge is 0.262 e. The molecule has 4 nitrogen and oxygen atoms in total. The molecule has 0 radical (unpaired) electrons. The molecule has 1 N–H and O–H groups in total. The number of hydrogen-bond donors (Lipinski definition) is 1. The number of nitrogens with one attached hydrogen (secondary N) is 1. The van der Waals surface area contributed by atoms with Crippen molar-refractivity contribution >= 4 is 49.0 Å². The molecule has 0 saturated carbocycles. The summed E-state index contributed by atoms with van der Waals surface area (Å²) >= 11 is 3.14. The van der Waals surface area contributed by atoms with Crippen molar-refractivity contribution in [2.45, 2.75) is 23.1 Å². The van der Waals surface area contributed by atoms with Crippen LogP contribution in [-0.4, -0.2) is 19.2 Å². The normalized spacial score (nSPS) is 12.0. The molecule has 0 unspecified atom stereocenters. The van der Waals surface area contributed by atoms with E-state index in [1.54, 1.807) is 30.0 Å². The Hall–Kier alpha value is -1.71. The highest BCUT2D eigenvalue weighted by atomic mass is 32.2. The zero-order valence-corrected chi connectivity index (χ0v) is 16.4. The quantitative estimate of drug-likeness (QED) is 0.569. The second-order valence-electron chi connectivity index (χ2n) is 6.08. The van der Waals surface area contributed by atoms with Gasteiger partial charge in [0.05, 0.1) is 20.8 Å². The minimum Gasteiger partial charge on any atom is -0.280 e. The third-order valence-electron chi connectivity index (χ3n) is 3.31. The van der Waals surface area contributed by atoms with Crippen molar-refractivity contribution < 1.29 is 17.2 Å². The summed E-state index contributed by atoms with van der Waals surface area (Å²) in [5, 5.41) is 0. The maximum Gasteiger partial charge on any atom is 0.262 e. The van der Waals surface area contributed by atoms with E-state index in [1.165, 1.54) is 11.3 Å². The molecule has 0 saturated heterocycles. The van der Waals surface area contributed by atoms with Gasteiger partial charge in [0.1, 0.15) is 11.6 Å². The number of sulfonamides is 1. The molecule has 0 fully saturated rings. The molecule has 0 aliphatic carbocycles. The topological polar surface area (TPSA) is 59.1 Å². The third-order valence-corrected chi connectivity index (χ3v) is 7.26. The lowest BCUT2D eigenvalue weighted by atomic mass is 10.3. The van der Waals surface area contributed by atoms with Crippen LogP contribution in [0.15, 0.2) is 45.6 Å². The van der Waals surface area contributed by atoms with E-state index in [0.717, 1.165) is 32.4 Å². The van der Waals surface area contributed by atoms with Gasteiger partial charge >= 0.3 is 0 Å². The molecule has 3 rings (SSSR count). The number of anilines is 1. The predicted octanol–water partition coefficient (Wildman–Crippen LogP) is 5.12. The van der Waals surface area contributed by atoms with Crippen LogP contribution in [0.3, 0.4) is 0 Å². The molecule has 0 amide bonds. The molecule has 2 aromatic carbocycles. The first-order valence-electron chi connectivity index (χ1n) is 7.75. The zero-order chi connectivity index (χ0) is 18.9. The number of aromatic nitrogens is 1. The second-order valence-corrected chi connectivity index (χ2v) is 10.1. The van der Waals surface area contributed by atoms with Gasteiger partial charge in [0, 0.05) is 11.8 Å². The van der Waals surface area contributed by atoms with Crippen molar-refractivity contribution in [2.24, 2.45) is 5.92 Å². The van der Waals surface area contributed by atoms with Gasteiger partial charge < -0.3 is 0 Å². The van der Waals surface area contributed by atoms with E-state index in [9.17, 15) is 17.2 Å². The Morgan fingerprint density at radius 2 is 1.85 bits per heavy atom. The van der Waals surface area contributed by atoms with Crippen LogP contribution in [0.4, 0.5) is 14.5 Å². The molecule has 1 aromatic heterocycles. The summed E-state index contributed by atoms with van der Waals surface area (Å²) in [6.07, 6.45) is 0. The summed E-state index contributed by atoms with van der Waals surface area (Å²) in [6.45, 7) is 4.25. The first-order chi connectivity index (χ1) is 12.2. The number of thiazole rings is 1. The van der Waals surface area contributed by atoms with E-state index in [0.29, 0.717) is 17.7 Å². The summed E-state index contributed by atoms with van der Waals surface area (Å²) in [5.74, 6) is -0.406. The first-order valence-corrected chi connectivity index (χ1v) is 11.0. The molecule has 0 aliphatic rings. The average molecular weight is 415 g/mol. The minimum absolute atomic E-state index is 0.311. The molecule has 0 atom stereocenters. The molecule has 0 spiro atoms.